The zero-order valence-corrected chi connectivity index (χ0v) is 17.3. The molecule has 0 saturated carbocycles. The van der Waals surface area contributed by atoms with E-state index >= 15 is 0 Å². The van der Waals surface area contributed by atoms with Gasteiger partial charge in [0.15, 0.2) is 0 Å². The van der Waals surface area contributed by atoms with Crippen LogP contribution in [0.1, 0.15) is 36.8 Å². The lowest BCUT2D eigenvalue weighted by Crippen LogP contribution is -2.51. The zero-order valence-electron chi connectivity index (χ0n) is 16.5. The lowest BCUT2D eigenvalue weighted by molar-refractivity contribution is -0.132. The summed E-state index contributed by atoms with van der Waals surface area (Å²) in [4.78, 5) is 17.0. The number of amides is 1. The van der Waals surface area contributed by atoms with Crippen LogP contribution in [0.5, 0.6) is 0 Å². The molecule has 3 rings (SSSR count). The van der Waals surface area contributed by atoms with Crippen molar-refractivity contribution in [1.29, 1.82) is 0 Å². The monoisotopic (exact) mass is 393 g/mol. The van der Waals surface area contributed by atoms with Crippen molar-refractivity contribution in [3.8, 4) is 0 Å². The zero-order chi connectivity index (χ0) is 19.4. The van der Waals surface area contributed by atoms with Gasteiger partial charge in [-0.15, -0.1) is 0 Å². The molecule has 0 aromatic heterocycles. The molecular formula is C20H31N3O3S. The Morgan fingerprint density at radius 2 is 1.56 bits per heavy atom. The van der Waals surface area contributed by atoms with Crippen molar-refractivity contribution in [2.24, 2.45) is 0 Å². The van der Waals surface area contributed by atoms with E-state index in [0.717, 1.165) is 37.1 Å². The van der Waals surface area contributed by atoms with Crippen molar-refractivity contribution in [3.05, 3.63) is 29.3 Å². The lowest BCUT2D eigenvalue weighted by Gasteiger charge is -2.35. The van der Waals surface area contributed by atoms with E-state index in [1.807, 2.05) is 30.9 Å². The average Bonchev–Trinajstić information content (AvgIpc) is 2.93. The number of benzene rings is 1. The minimum atomic E-state index is -3.48. The molecule has 1 amide bonds. The average molecular weight is 394 g/mol. The Hall–Kier alpha value is -1.44. The Balaban J connectivity index is 1.58. The van der Waals surface area contributed by atoms with E-state index in [4.69, 9.17) is 0 Å². The summed E-state index contributed by atoms with van der Waals surface area (Å²) in [5.41, 5.74) is 1.72. The molecule has 0 atom stereocenters. The second-order valence-electron chi connectivity index (χ2n) is 7.74. The summed E-state index contributed by atoms with van der Waals surface area (Å²) < 4.78 is 27.6. The highest BCUT2D eigenvalue weighted by Gasteiger charge is 2.30. The molecule has 2 heterocycles. The highest BCUT2D eigenvalue weighted by molar-refractivity contribution is 7.89. The van der Waals surface area contributed by atoms with Gasteiger partial charge in [0.25, 0.3) is 0 Å². The molecule has 150 valence electrons. The largest absolute Gasteiger partial charge is 0.342 e. The highest BCUT2D eigenvalue weighted by Crippen LogP contribution is 2.22. The molecule has 7 heteroatoms. The molecule has 2 fully saturated rings. The molecule has 2 aliphatic rings. The van der Waals surface area contributed by atoms with E-state index in [2.05, 4.69) is 4.90 Å². The number of likely N-dealkylation sites (tertiary alicyclic amines) is 1. The molecule has 27 heavy (non-hydrogen) atoms. The first-order valence-electron chi connectivity index (χ1n) is 9.95. The van der Waals surface area contributed by atoms with Gasteiger partial charge in [-0.2, -0.15) is 4.31 Å². The summed E-state index contributed by atoms with van der Waals surface area (Å²) in [5, 5.41) is 0. The molecule has 2 aliphatic heterocycles. The van der Waals surface area contributed by atoms with Crippen LogP contribution in [0, 0.1) is 13.8 Å². The van der Waals surface area contributed by atoms with E-state index in [-0.39, 0.29) is 5.91 Å². The Morgan fingerprint density at radius 3 is 2.19 bits per heavy atom. The minimum Gasteiger partial charge on any atom is -0.342 e. The first-order chi connectivity index (χ1) is 12.9. The van der Waals surface area contributed by atoms with Crippen LogP contribution in [0.15, 0.2) is 23.1 Å². The molecule has 1 aromatic carbocycles. The maximum absolute atomic E-state index is 13.0. The SMILES string of the molecule is Cc1ccc(C)c(S(=O)(=O)N2CCN(CC(=O)N3CCCCCC3)CC2)c1. The first kappa shape index (κ1) is 20.3. The van der Waals surface area contributed by atoms with Gasteiger partial charge in [-0.05, 0) is 43.9 Å². The molecule has 0 aliphatic carbocycles. The van der Waals surface area contributed by atoms with Gasteiger partial charge >= 0.3 is 0 Å². The molecule has 0 bridgehead atoms. The van der Waals surface area contributed by atoms with Crippen LogP contribution in [0.2, 0.25) is 0 Å². The lowest BCUT2D eigenvalue weighted by atomic mass is 10.2. The van der Waals surface area contributed by atoms with Crippen molar-refractivity contribution >= 4 is 15.9 Å². The fourth-order valence-corrected chi connectivity index (χ4v) is 5.60. The van der Waals surface area contributed by atoms with Gasteiger partial charge in [-0.3, -0.25) is 9.69 Å². The summed E-state index contributed by atoms with van der Waals surface area (Å²) >= 11 is 0. The number of carbonyl (C=O) groups excluding carboxylic acids is 1. The van der Waals surface area contributed by atoms with Gasteiger partial charge in [-0.25, -0.2) is 8.42 Å². The van der Waals surface area contributed by atoms with Crippen LogP contribution in [0.25, 0.3) is 0 Å². The highest BCUT2D eigenvalue weighted by atomic mass is 32.2. The molecule has 0 spiro atoms. The molecule has 0 N–H and O–H groups in total. The van der Waals surface area contributed by atoms with E-state index in [1.54, 1.807) is 10.4 Å². The Kier molecular flexibility index (Phi) is 6.55. The standard InChI is InChI=1S/C20H31N3O3S/c1-17-7-8-18(2)19(15-17)27(25,26)23-13-11-21(12-14-23)16-20(24)22-9-5-3-4-6-10-22/h7-8,15H,3-6,9-14,16H2,1-2H3. The molecule has 0 radical (unpaired) electrons. The maximum atomic E-state index is 13.0. The first-order valence-corrected chi connectivity index (χ1v) is 11.4. The molecular weight excluding hydrogens is 362 g/mol. The molecule has 0 unspecified atom stereocenters. The van der Waals surface area contributed by atoms with E-state index in [1.165, 1.54) is 12.8 Å². The Bertz CT molecular complexity index is 763. The summed E-state index contributed by atoms with van der Waals surface area (Å²) in [6, 6.07) is 5.54. The van der Waals surface area contributed by atoms with Crippen LogP contribution in [0.3, 0.4) is 0 Å². The van der Waals surface area contributed by atoms with Crippen LogP contribution in [-0.2, 0) is 14.8 Å². The number of hydrogen-bond donors (Lipinski definition) is 0. The second kappa shape index (κ2) is 8.71. The van der Waals surface area contributed by atoms with Crippen molar-refractivity contribution in [2.45, 2.75) is 44.4 Å². The van der Waals surface area contributed by atoms with E-state index < -0.39 is 10.0 Å². The van der Waals surface area contributed by atoms with Crippen molar-refractivity contribution < 1.29 is 13.2 Å². The van der Waals surface area contributed by atoms with Gasteiger partial charge < -0.3 is 4.90 Å². The number of piperazine rings is 1. The van der Waals surface area contributed by atoms with Crippen LogP contribution < -0.4 is 0 Å². The van der Waals surface area contributed by atoms with Crippen LogP contribution >= 0.6 is 0 Å². The molecule has 1 aromatic rings. The third kappa shape index (κ3) is 4.89. The molecule has 6 nitrogen and oxygen atoms in total. The maximum Gasteiger partial charge on any atom is 0.243 e. The van der Waals surface area contributed by atoms with Gasteiger partial charge in [-0.1, -0.05) is 25.0 Å². The smallest absolute Gasteiger partial charge is 0.243 e. The quantitative estimate of drug-likeness (QED) is 0.785. The third-order valence-corrected chi connectivity index (χ3v) is 7.65. The van der Waals surface area contributed by atoms with Crippen molar-refractivity contribution in [2.75, 3.05) is 45.8 Å². The van der Waals surface area contributed by atoms with E-state index in [0.29, 0.717) is 37.6 Å². The summed E-state index contributed by atoms with van der Waals surface area (Å²) in [6.07, 6.45) is 4.60. The van der Waals surface area contributed by atoms with Gasteiger partial charge in [0.05, 0.1) is 11.4 Å². The minimum absolute atomic E-state index is 0.183. The van der Waals surface area contributed by atoms with Gasteiger partial charge in [0.1, 0.15) is 0 Å². The normalized spacial score (nSPS) is 20.4. The van der Waals surface area contributed by atoms with Crippen molar-refractivity contribution in [3.63, 3.8) is 0 Å². The number of aryl methyl sites for hydroxylation is 2. The fraction of sp³-hybridized carbons (Fsp3) is 0.650. The Morgan fingerprint density at radius 1 is 0.926 bits per heavy atom. The number of hydrogen-bond acceptors (Lipinski definition) is 4. The second-order valence-corrected chi connectivity index (χ2v) is 9.65. The van der Waals surface area contributed by atoms with Crippen molar-refractivity contribution in [1.82, 2.24) is 14.1 Å². The van der Waals surface area contributed by atoms with Crippen LogP contribution in [0.4, 0.5) is 0 Å². The predicted octanol–water partition coefficient (Wildman–Crippen LogP) is 2.01. The van der Waals surface area contributed by atoms with E-state index in [9.17, 15) is 13.2 Å². The van der Waals surface area contributed by atoms with Gasteiger partial charge in [0, 0.05) is 39.3 Å². The fourth-order valence-electron chi connectivity index (χ4n) is 3.86. The number of rotatable bonds is 4. The summed E-state index contributed by atoms with van der Waals surface area (Å²) in [5.74, 6) is 0.183. The molecule has 2 saturated heterocycles. The summed E-state index contributed by atoms with van der Waals surface area (Å²) in [6.45, 7) is 7.93. The number of sulfonamides is 1. The number of carbonyl (C=O) groups is 1. The third-order valence-electron chi connectivity index (χ3n) is 5.61. The number of nitrogens with zero attached hydrogens (tertiary/aromatic N) is 3. The van der Waals surface area contributed by atoms with Crippen LogP contribution in [-0.4, -0.2) is 74.2 Å². The predicted molar refractivity (Wildman–Crippen MR) is 106 cm³/mol. The topological polar surface area (TPSA) is 60.9 Å². The summed E-state index contributed by atoms with van der Waals surface area (Å²) in [7, 11) is -3.48. The van der Waals surface area contributed by atoms with Gasteiger partial charge in [0.2, 0.25) is 15.9 Å². The Labute approximate surface area is 163 Å².